The molecule has 0 spiro atoms. The summed E-state index contributed by atoms with van der Waals surface area (Å²) in [6, 6.07) is 4.53. The van der Waals surface area contributed by atoms with Crippen molar-refractivity contribution in [3.05, 3.63) is 29.6 Å². The molecule has 16 heavy (non-hydrogen) atoms. The second-order valence-corrected chi connectivity index (χ2v) is 4.70. The Labute approximate surface area is 97.1 Å². The molecule has 1 saturated heterocycles. The Morgan fingerprint density at radius 3 is 2.94 bits per heavy atom. The van der Waals surface area contributed by atoms with Crippen molar-refractivity contribution in [2.75, 3.05) is 13.1 Å². The number of hydrogen-bond donors (Lipinski definition) is 1. The summed E-state index contributed by atoms with van der Waals surface area (Å²) in [5.41, 5.74) is 2.29. The summed E-state index contributed by atoms with van der Waals surface area (Å²) in [7, 11) is 0. The van der Waals surface area contributed by atoms with Crippen molar-refractivity contribution in [1.29, 1.82) is 0 Å². The van der Waals surface area contributed by atoms with Gasteiger partial charge in [-0.05, 0) is 44.9 Å². The summed E-state index contributed by atoms with van der Waals surface area (Å²) in [6.45, 7) is 6.05. The van der Waals surface area contributed by atoms with Gasteiger partial charge in [-0.15, -0.1) is 0 Å². The maximum absolute atomic E-state index is 9.66. The second-order valence-electron chi connectivity index (χ2n) is 4.70. The zero-order chi connectivity index (χ0) is 11.5. The number of β-amino-alcohol motifs (C(OH)–C–C–N with tert-alkyl or cyclic N) is 1. The summed E-state index contributed by atoms with van der Waals surface area (Å²) >= 11 is 0. The lowest BCUT2D eigenvalue weighted by Crippen LogP contribution is -2.39. The quantitative estimate of drug-likeness (QED) is 0.827. The third-order valence-electron chi connectivity index (χ3n) is 3.39. The topological polar surface area (TPSA) is 36.4 Å². The van der Waals surface area contributed by atoms with Crippen molar-refractivity contribution in [1.82, 2.24) is 9.88 Å². The first-order valence-electron chi connectivity index (χ1n) is 6.01. The molecule has 2 rings (SSSR count). The Balaban J connectivity index is 2.06. The lowest BCUT2D eigenvalue weighted by Gasteiger charge is -2.34. The number of likely N-dealkylation sites (tertiary alicyclic amines) is 1. The lowest BCUT2D eigenvalue weighted by atomic mass is 10.0. The SMILES string of the molecule is Cc1ccc(C(C)N2CCC[C@@H](O)C2)cn1. The third kappa shape index (κ3) is 2.60. The van der Waals surface area contributed by atoms with Crippen molar-refractivity contribution in [2.24, 2.45) is 0 Å². The fourth-order valence-corrected chi connectivity index (χ4v) is 2.27. The molecule has 1 aromatic rings. The number of rotatable bonds is 2. The van der Waals surface area contributed by atoms with Gasteiger partial charge in [0, 0.05) is 24.5 Å². The molecule has 1 fully saturated rings. The van der Waals surface area contributed by atoms with Gasteiger partial charge in [-0.2, -0.15) is 0 Å². The molecule has 0 bridgehead atoms. The van der Waals surface area contributed by atoms with E-state index in [1.165, 1.54) is 5.56 Å². The normalized spacial score (nSPS) is 24.3. The number of aryl methyl sites for hydroxylation is 1. The van der Waals surface area contributed by atoms with Crippen LogP contribution in [0, 0.1) is 6.92 Å². The number of nitrogens with zero attached hydrogens (tertiary/aromatic N) is 2. The minimum absolute atomic E-state index is 0.158. The molecule has 1 N–H and O–H groups in total. The highest BCUT2D eigenvalue weighted by atomic mass is 16.3. The third-order valence-corrected chi connectivity index (χ3v) is 3.39. The number of aliphatic hydroxyl groups is 1. The molecule has 1 aliphatic heterocycles. The zero-order valence-electron chi connectivity index (χ0n) is 10.1. The molecule has 0 radical (unpaired) electrons. The van der Waals surface area contributed by atoms with Crippen LogP contribution in [0.1, 0.15) is 37.1 Å². The van der Waals surface area contributed by atoms with Crippen LogP contribution in [0.4, 0.5) is 0 Å². The van der Waals surface area contributed by atoms with Crippen LogP contribution < -0.4 is 0 Å². The molecule has 1 aromatic heterocycles. The summed E-state index contributed by atoms with van der Waals surface area (Å²) in [5.74, 6) is 0. The molecule has 3 heteroatoms. The van der Waals surface area contributed by atoms with Crippen molar-refractivity contribution < 1.29 is 5.11 Å². The lowest BCUT2D eigenvalue weighted by molar-refractivity contribution is 0.0503. The van der Waals surface area contributed by atoms with Crippen molar-refractivity contribution >= 4 is 0 Å². The van der Waals surface area contributed by atoms with E-state index in [-0.39, 0.29) is 6.10 Å². The van der Waals surface area contributed by atoms with Gasteiger partial charge >= 0.3 is 0 Å². The number of piperidine rings is 1. The van der Waals surface area contributed by atoms with Gasteiger partial charge < -0.3 is 5.11 Å². The standard InChI is InChI=1S/C13H20N2O/c1-10-5-6-12(8-14-10)11(2)15-7-3-4-13(16)9-15/h5-6,8,11,13,16H,3-4,7,9H2,1-2H3/t11?,13-/m1/s1. The van der Waals surface area contributed by atoms with E-state index < -0.39 is 0 Å². The summed E-state index contributed by atoms with van der Waals surface area (Å²) in [4.78, 5) is 6.66. The molecule has 3 nitrogen and oxygen atoms in total. The highest BCUT2D eigenvalue weighted by Crippen LogP contribution is 2.23. The molecule has 0 aliphatic carbocycles. The van der Waals surface area contributed by atoms with E-state index in [1.807, 2.05) is 19.2 Å². The molecule has 2 atom stereocenters. The molecule has 0 aromatic carbocycles. The van der Waals surface area contributed by atoms with Gasteiger partial charge in [-0.25, -0.2) is 0 Å². The van der Waals surface area contributed by atoms with Crippen LogP contribution in [0.25, 0.3) is 0 Å². The number of aromatic nitrogens is 1. The highest BCUT2D eigenvalue weighted by molar-refractivity contribution is 5.16. The molecule has 2 heterocycles. The van der Waals surface area contributed by atoms with Crippen LogP contribution in [-0.4, -0.2) is 34.2 Å². The van der Waals surface area contributed by atoms with Gasteiger partial charge in [0.2, 0.25) is 0 Å². The minimum atomic E-state index is -0.158. The van der Waals surface area contributed by atoms with E-state index in [1.54, 1.807) is 0 Å². The van der Waals surface area contributed by atoms with Crippen molar-refractivity contribution in [2.45, 2.75) is 38.8 Å². The second kappa shape index (κ2) is 4.93. The van der Waals surface area contributed by atoms with Gasteiger partial charge in [0.05, 0.1) is 6.10 Å². The van der Waals surface area contributed by atoms with E-state index in [0.717, 1.165) is 31.6 Å². The van der Waals surface area contributed by atoms with Crippen LogP contribution in [0.15, 0.2) is 18.3 Å². The van der Waals surface area contributed by atoms with Crippen LogP contribution in [0.2, 0.25) is 0 Å². The Bertz CT molecular complexity index is 336. The van der Waals surface area contributed by atoms with E-state index >= 15 is 0 Å². The summed E-state index contributed by atoms with van der Waals surface area (Å²) < 4.78 is 0. The van der Waals surface area contributed by atoms with E-state index in [4.69, 9.17) is 0 Å². The van der Waals surface area contributed by atoms with Gasteiger partial charge in [0.1, 0.15) is 0 Å². The van der Waals surface area contributed by atoms with Crippen LogP contribution >= 0.6 is 0 Å². The molecule has 1 unspecified atom stereocenters. The summed E-state index contributed by atoms with van der Waals surface area (Å²) in [5, 5.41) is 9.66. The fraction of sp³-hybridized carbons (Fsp3) is 0.615. The largest absolute Gasteiger partial charge is 0.392 e. The number of hydrogen-bond acceptors (Lipinski definition) is 3. The minimum Gasteiger partial charge on any atom is -0.392 e. The maximum Gasteiger partial charge on any atom is 0.0667 e. The molecule has 0 amide bonds. The van der Waals surface area contributed by atoms with Crippen LogP contribution in [-0.2, 0) is 0 Å². The molecular formula is C13H20N2O. The van der Waals surface area contributed by atoms with E-state index in [9.17, 15) is 5.11 Å². The Kier molecular flexibility index (Phi) is 3.56. The predicted molar refractivity (Wildman–Crippen MR) is 64.2 cm³/mol. The van der Waals surface area contributed by atoms with Crippen LogP contribution in [0.5, 0.6) is 0 Å². The van der Waals surface area contributed by atoms with E-state index in [2.05, 4.69) is 22.9 Å². The van der Waals surface area contributed by atoms with Gasteiger partial charge in [-0.3, -0.25) is 9.88 Å². The first-order valence-corrected chi connectivity index (χ1v) is 6.01. The average molecular weight is 220 g/mol. The van der Waals surface area contributed by atoms with Gasteiger partial charge in [0.15, 0.2) is 0 Å². The first kappa shape index (κ1) is 11.6. The van der Waals surface area contributed by atoms with Crippen LogP contribution in [0.3, 0.4) is 0 Å². The molecular weight excluding hydrogens is 200 g/mol. The Hall–Kier alpha value is -0.930. The molecule has 88 valence electrons. The summed E-state index contributed by atoms with van der Waals surface area (Å²) in [6.07, 6.45) is 3.82. The monoisotopic (exact) mass is 220 g/mol. The predicted octanol–water partition coefficient (Wildman–Crippen LogP) is 1.91. The molecule has 1 aliphatic rings. The van der Waals surface area contributed by atoms with Gasteiger partial charge in [-0.1, -0.05) is 6.07 Å². The van der Waals surface area contributed by atoms with Crippen molar-refractivity contribution in [3.63, 3.8) is 0 Å². The zero-order valence-corrected chi connectivity index (χ0v) is 10.1. The van der Waals surface area contributed by atoms with Crippen molar-refractivity contribution in [3.8, 4) is 0 Å². The Morgan fingerprint density at radius 2 is 2.31 bits per heavy atom. The maximum atomic E-state index is 9.66. The highest BCUT2D eigenvalue weighted by Gasteiger charge is 2.22. The fourth-order valence-electron chi connectivity index (χ4n) is 2.27. The van der Waals surface area contributed by atoms with E-state index in [0.29, 0.717) is 6.04 Å². The first-order chi connectivity index (χ1) is 7.66. The van der Waals surface area contributed by atoms with Gasteiger partial charge in [0.25, 0.3) is 0 Å². The smallest absolute Gasteiger partial charge is 0.0667 e. The number of aliphatic hydroxyl groups excluding tert-OH is 1. The average Bonchev–Trinajstić information content (AvgIpc) is 2.29. The number of pyridine rings is 1. The molecule has 0 saturated carbocycles. The Morgan fingerprint density at radius 1 is 1.50 bits per heavy atom.